The van der Waals surface area contributed by atoms with Gasteiger partial charge in [0.25, 0.3) is 0 Å². The highest BCUT2D eigenvalue weighted by Crippen LogP contribution is 2.24. The van der Waals surface area contributed by atoms with Crippen LogP contribution in [-0.4, -0.2) is 98.1 Å². The molecule has 0 unspecified atom stereocenters. The molecule has 2 fully saturated rings. The summed E-state index contributed by atoms with van der Waals surface area (Å²) in [5.41, 5.74) is 3.67. The normalized spacial score (nSPS) is 18.0. The first-order valence-electron chi connectivity index (χ1n) is 13.0. The van der Waals surface area contributed by atoms with Crippen LogP contribution in [0.15, 0.2) is 48.5 Å². The molecule has 8 nitrogen and oxygen atoms in total. The summed E-state index contributed by atoms with van der Waals surface area (Å²) in [4.78, 5) is 33.7. The molecule has 36 heavy (non-hydrogen) atoms. The average Bonchev–Trinajstić information content (AvgIpc) is 2.89. The van der Waals surface area contributed by atoms with Gasteiger partial charge < -0.3 is 30.2 Å². The molecule has 2 saturated heterocycles. The summed E-state index contributed by atoms with van der Waals surface area (Å²) in [5, 5.41) is 6.04. The van der Waals surface area contributed by atoms with Crippen molar-refractivity contribution in [2.45, 2.75) is 37.8 Å². The van der Waals surface area contributed by atoms with Crippen LogP contribution < -0.4 is 10.6 Å². The van der Waals surface area contributed by atoms with E-state index in [0.29, 0.717) is 0 Å². The van der Waals surface area contributed by atoms with E-state index in [1.54, 1.807) is 0 Å². The molecular formula is C28H40N6O2. The van der Waals surface area contributed by atoms with Gasteiger partial charge in [-0.05, 0) is 101 Å². The lowest BCUT2D eigenvalue weighted by Crippen LogP contribution is -2.46. The van der Waals surface area contributed by atoms with Crippen molar-refractivity contribution in [2.75, 3.05) is 65.0 Å². The standard InChI is InChI=1S/C28H40N6O2/c1-31-17-13-25(14-18-31)33(3)27(35)29-23-9-5-21(6-10-23)22-7-11-24(12-8-22)30-28(36)34(4)26-15-19-32(2)20-16-26/h5-12,25-26H,13-20H2,1-4H3,(H,29,35)(H,30,36). The van der Waals surface area contributed by atoms with Gasteiger partial charge in [0.15, 0.2) is 0 Å². The number of nitrogens with one attached hydrogen (secondary N) is 2. The minimum atomic E-state index is -0.0670. The third kappa shape index (κ3) is 6.56. The van der Waals surface area contributed by atoms with Crippen molar-refractivity contribution < 1.29 is 9.59 Å². The second kappa shape index (κ2) is 11.8. The number of amides is 4. The Labute approximate surface area is 215 Å². The minimum Gasteiger partial charge on any atom is -0.325 e. The topological polar surface area (TPSA) is 71.2 Å². The summed E-state index contributed by atoms with van der Waals surface area (Å²) in [6.45, 7) is 4.09. The van der Waals surface area contributed by atoms with Gasteiger partial charge in [-0.15, -0.1) is 0 Å². The number of nitrogens with zero attached hydrogens (tertiary/aromatic N) is 4. The van der Waals surface area contributed by atoms with Crippen molar-refractivity contribution in [1.82, 2.24) is 19.6 Å². The minimum absolute atomic E-state index is 0.0670. The van der Waals surface area contributed by atoms with Gasteiger partial charge in [-0.3, -0.25) is 0 Å². The van der Waals surface area contributed by atoms with Crippen molar-refractivity contribution in [2.24, 2.45) is 0 Å². The van der Waals surface area contributed by atoms with E-state index in [-0.39, 0.29) is 24.1 Å². The molecule has 2 N–H and O–H groups in total. The lowest BCUT2D eigenvalue weighted by molar-refractivity contribution is 0.156. The second-order valence-corrected chi connectivity index (χ2v) is 10.3. The first-order valence-corrected chi connectivity index (χ1v) is 13.0. The van der Waals surface area contributed by atoms with E-state index in [2.05, 4.69) is 34.5 Å². The summed E-state index contributed by atoms with van der Waals surface area (Å²) in [6, 6.07) is 16.2. The Hall–Kier alpha value is -3.10. The van der Waals surface area contributed by atoms with Gasteiger partial charge in [-0.25, -0.2) is 9.59 Å². The molecule has 4 amide bonds. The van der Waals surface area contributed by atoms with Crippen LogP contribution in [0.5, 0.6) is 0 Å². The largest absolute Gasteiger partial charge is 0.325 e. The maximum atomic E-state index is 12.7. The number of urea groups is 2. The number of carbonyl (C=O) groups excluding carboxylic acids is 2. The number of hydrogen-bond donors (Lipinski definition) is 2. The van der Waals surface area contributed by atoms with E-state index in [0.717, 1.165) is 74.4 Å². The van der Waals surface area contributed by atoms with E-state index in [9.17, 15) is 9.59 Å². The zero-order valence-corrected chi connectivity index (χ0v) is 22.0. The fourth-order valence-electron chi connectivity index (χ4n) is 5.01. The Bertz CT molecular complexity index is 926. The predicted molar refractivity (Wildman–Crippen MR) is 146 cm³/mol. The molecule has 2 aromatic rings. The molecule has 0 saturated carbocycles. The lowest BCUT2D eigenvalue weighted by atomic mass is 10.0. The number of rotatable bonds is 5. The molecule has 0 atom stereocenters. The third-order valence-corrected chi connectivity index (χ3v) is 7.72. The number of likely N-dealkylation sites (tertiary alicyclic amines) is 2. The fraction of sp³-hybridized carbons (Fsp3) is 0.500. The van der Waals surface area contributed by atoms with Crippen molar-refractivity contribution in [1.29, 1.82) is 0 Å². The molecule has 0 spiro atoms. The van der Waals surface area contributed by atoms with E-state index < -0.39 is 0 Å². The third-order valence-electron chi connectivity index (χ3n) is 7.72. The molecule has 8 heteroatoms. The van der Waals surface area contributed by atoms with Crippen LogP contribution in [0.25, 0.3) is 11.1 Å². The maximum absolute atomic E-state index is 12.7. The Balaban J connectivity index is 1.29. The number of benzene rings is 2. The van der Waals surface area contributed by atoms with Crippen LogP contribution in [0.2, 0.25) is 0 Å². The maximum Gasteiger partial charge on any atom is 0.321 e. The van der Waals surface area contributed by atoms with Gasteiger partial charge >= 0.3 is 12.1 Å². The van der Waals surface area contributed by atoms with E-state index in [1.807, 2.05) is 72.4 Å². The van der Waals surface area contributed by atoms with Gasteiger partial charge in [0.2, 0.25) is 0 Å². The predicted octanol–water partition coefficient (Wildman–Crippen LogP) is 4.47. The monoisotopic (exact) mass is 492 g/mol. The van der Waals surface area contributed by atoms with Crippen LogP contribution in [0.4, 0.5) is 21.0 Å². The zero-order valence-electron chi connectivity index (χ0n) is 22.0. The Morgan fingerprint density at radius 1 is 0.639 bits per heavy atom. The van der Waals surface area contributed by atoms with Crippen LogP contribution in [0.1, 0.15) is 25.7 Å². The van der Waals surface area contributed by atoms with Crippen LogP contribution >= 0.6 is 0 Å². The molecule has 2 aliphatic heterocycles. The molecular weight excluding hydrogens is 452 g/mol. The summed E-state index contributed by atoms with van der Waals surface area (Å²) < 4.78 is 0. The molecule has 2 aromatic carbocycles. The highest BCUT2D eigenvalue weighted by Gasteiger charge is 2.25. The van der Waals surface area contributed by atoms with Gasteiger partial charge in [0, 0.05) is 37.6 Å². The molecule has 2 aliphatic rings. The van der Waals surface area contributed by atoms with Crippen LogP contribution in [0.3, 0.4) is 0 Å². The van der Waals surface area contributed by atoms with Crippen LogP contribution in [0, 0.1) is 0 Å². The fourth-order valence-corrected chi connectivity index (χ4v) is 5.01. The summed E-state index contributed by atoms with van der Waals surface area (Å²) in [7, 11) is 8.01. The average molecular weight is 493 g/mol. The van der Waals surface area contributed by atoms with E-state index >= 15 is 0 Å². The number of carbonyl (C=O) groups is 2. The first-order chi connectivity index (χ1) is 17.3. The number of hydrogen-bond acceptors (Lipinski definition) is 4. The summed E-state index contributed by atoms with van der Waals surface area (Å²) in [5.74, 6) is 0. The van der Waals surface area contributed by atoms with Gasteiger partial charge in [0.05, 0.1) is 0 Å². The summed E-state index contributed by atoms with van der Waals surface area (Å²) in [6.07, 6.45) is 4.02. The highest BCUT2D eigenvalue weighted by atomic mass is 16.2. The smallest absolute Gasteiger partial charge is 0.321 e. The second-order valence-electron chi connectivity index (χ2n) is 10.3. The molecule has 0 aromatic heterocycles. The lowest BCUT2D eigenvalue weighted by Gasteiger charge is -2.35. The van der Waals surface area contributed by atoms with Gasteiger partial charge in [-0.2, -0.15) is 0 Å². The molecule has 0 bridgehead atoms. The SMILES string of the molecule is CN1CCC(N(C)C(=O)Nc2ccc(-c3ccc(NC(=O)N(C)C4CCN(C)CC4)cc3)cc2)CC1. The van der Waals surface area contributed by atoms with E-state index in [4.69, 9.17) is 0 Å². The molecule has 194 valence electrons. The summed E-state index contributed by atoms with van der Waals surface area (Å²) >= 11 is 0. The molecule has 4 rings (SSSR count). The van der Waals surface area contributed by atoms with E-state index in [1.165, 1.54) is 0 Å². The molecule has 0 radical (unpaired) electrons. The van der Waals surface area contributed by atoms with Crippen LogP contribution in [-0.2, 0) is 0 Å². The number of anilines is 2. The highest BCUT2D eigenvalue weighted by molar-refractivity contribution is 5.90. The number of piperidine rings is 2. The van der Waals surface area contributed by atoms with Crippen molar-refractivity contribution in [3.63, 3.8) is 0 Å². The van der Waals surface area contributed by atoms with Crippen molar-refractivity contribution in [3.8, 4) is 11.1 Å². The van der Waals surface area contributed by atoms with Crippen molar-refractivity contribution >= 4 is 23.4 Å². The van der Waals surface area contributed by atoms with Crippen molar-refractivity contribution in [3.05, 3.63) is 48.5 Å². The van der Waals surface area contributed by atoms with Gasteiger partial charge in [0.1, 0.15) is 0 Å². The molecule has 0 aliphatic carbocycles. The Morgan fingerprint density at radius 2 is 0.944 bits per heavy atom. The zero-order chi connectivity index (χ0) is 25.7. The quantitative estimate of drug-likeness (QED) is 0.646. The first kappa shape index (κ1) is 26.0. The Morgan fingerprint density at radius 3 is 1.25 bits per heavy atom. The van der Waals surface area contributed by atoms with Gasteiger partial charge in [-0.1, -0.05) is 24.3 Å². The molecule has 2 heterocycles. The Kier molecular flexibility index (Phi) is 8.48.